The van der Waals surface area contributed by atoms with Crippen molar-refractivity contribution in [1.29, 1.82) is 0 Å². The molecule has 0 aliphatic carbocycles. The van der Waals surface area contributed by atoms with Gasteiger partial charge in [0, 0.05) is 17.9 Å². The van der Waals surface area contributed by atoms with Gasteiger partial charge >= 0.3 is 7.60 Å². The quantitative estimate of drug-likeness (QED) is 0.467. The molecular weight excluding hydrogens is 221 g/mol. The van der Waals surface area contributed by atoms with E-state index in [0.29, 0.717) is 11.4 Å². The summed E-state index contributed by atoms with van der Waals surface area (Å²) < 4.78 is 10.5. The summed E-state index contributed by atoms with van der Waals surface area (Å²) in [5.74, 6) is 0.700. The Labute approximate surface area is 85.2 Å². The third-order valence-electron chi connectivity index (χ3n) is 1.54. The largest absolute Gasteiger partial charge is 0.349 e. The summed E-state index contributed by atoms with van der Waals surface area (Å²) in [6.07, 6.45) is 1.15. The molecule has 1 rings (SSSR count). The Morgan fingerprint density at radius 3 is 2.60 bits per heavy atom. The molecule has 15 heavy (non-hydrogen) atoms. The number of nitro groups is 1. The van der Waals surface area contributed by atoms with Gasteiger partial charge in [-0.2, -0.15) is 0 Å². The molecule has 0 saturated heterocycles. The predicted octanol–water partition coefficient (Wildman–Crippen LogP) is 1.74. The van der Waals surface area contributed by atoms with Gasteiger partial charge in [0.25, 0.3) is 5.69 Å². The van der Waals surface area contributed by atoms with Crippen molar-refractivity contribution in [3.05, 3.63) is 45.8 Å². The highest BCUT2D eigenvalue weighted by Gasteiger charge is 2.07. The molecule has 0 heterocycles. The summed E-state index contributed by atoms with van der Waals surface area (Å²) in [5, 5.41) is 10.4. The average Bonchev–Trinajstić information content (AvgIpc) is 2.14. The van der Waals surface area contributed by atoms with E-state index in [1.807, 2.05) is 0 Å². The molecular formula is C8H8NO5P. The van der Waals surface area contributed by atoms with Gasteiger partial charge in [-0.05, 0) is 11.6 Å². The molecule has 0 amide bonds. The normalized spacial score (nSPS) is 11.9. The number of nitrogens with zero attached hydrogens (tertiary/aromatic N) is 1. The standard InChI is InChI=1S/C8H8NO5P/c10-9(11)8-3-1-2-7(6-8)4-5-15(12,13)14/h1-6H,(H2,12,13,14). The van der Waals surface area contributed by atoms with E-state index in [9.17, 15) is 14.7 Å². The molecule has 1 aromatic rings. The van der Waals surface area contributed by atoms with Gasteiger partial charge in [0.2, 0.25) is 0 Å². The second-order valence-corrected chi connectivity index (χ2v) is 4.23. The lowest BCUT2D eigenvalue weighted by Crippen LogP contribution is -1.87. The van der Waals surface area contributed by atoms with Gasteiger partial charge in [0.1, 0.15) is 0 Å². The van der Waals surface area contributed by atoms with Crippen LogP contribution in [-0.4, -0.2) is 14.7 Å². The maximum atomic E-state index is 10.5. The van der Waals surface area contributed by atoms with Gasteiger partial charge in [0.05, 0.1) is 4.92 Å². The molecule has 0 saturated carbocycles. The third-order valence-corrected chi connectivity index (χ3v) is 2.08. The zero-order valence-electron chi connectivity index (χ0n) is 7.48. The van der Waals surface area contributed by atoms with Crippen molar-refractivity contribution < 1.29 is 19.3 Å². The predicted molar refractivity (Wildman–Crippen MR) is 54.2 cm³/mol. The van der Waals surface area contributed by atoms with Crippen LogP contribution < -0.4 is 0 Å². The minimum atomic E-state index is -4.22. The maximum Gasteiger partial charge on any atom is 0.349 e. The first kappa shape index (κ1) is 11.6. The topological polar surface area (TPSA) is 101 Å². The minimum Gasteiger partial charge on any atom is -0.321 e. The second-order valence-electron chi connectivity index (χ2n) is 2.76. The van der Waals surface area contributed by atoms with E-state index in [0.717, 1.165) is 6.08 Å². The van der Waals surface area contributed by atoms with Crippen LogP contribution in [-0.2, 0) is 4.57 Å². The fourth-order valence-electron chi connectivity index (χ4n) is 0.925. The highest BCUT2D eigenvalue weighted by Crippen LogP contribution is 2.36. The van der Waals surface area contributed by atoms with E-state index in [2.05, 4.69) is 0 Å². The Hall–Kier alpha value is -1.49. The molecule has 0 atom stereocenters. The van der Waals surface area contributed by atoms with Gasteiger partial charge < -0.3 is 9.79 Å². The SMILES string of the molecule is O=[N+]([O-])c1cccc(C=CP(=O)(O)O)c1. The van der Waals surface area contributed by atoms with E-state index in [-0.39, 0.29) is 5.69 Å². The maximum absolute atomic E-state index is 10.5. The fraction of sp³-hybridized carbons (Fsp3) is 0. The highest BCUT2D eigenvalue weighted by atomic mass is 31.2. The van der Waals surface area contributed by atoms with Crippen molar-refractivity contribution in [3.63, 3.8) is 0 Å². The van der Waals surface area contributed by atoms with Gasteiger partial charge in [-0.15, -0.1) is 0 Å². The number of rotatable bonds is 3. The van der Waals surface area contributed by atoms with Crippen molar-refractivity contribution in [2.75, 3.05) is 0 Å². The zero-order chi connectivity index (χ0) is 11.5. The van der Waals surface area contributed by atoms with E-state index in [1.54, 1.807) is 0 Å². The van der Waals surface area contributed by atoms with E-state index >= 15 is 0 Å². The molecule has 1 aromatic carbocycles. The molecule has 0 unspecified atom stereocenters. The van der Waals surface area contributed by atoms with Crippen LogP contribution in [0.15, 0.2) is 30.1 Å². The van der Waals surface area contributed by atoms with Crippen LogP contribution >= 0.6 is 7.60 Å². The van der Waals surface area contributed by atoms with Gasteiger partial charge in [0.15, 0.2) is 0 Å². The lowest BCUT2D eigenvalue weighted by molar-refractivity contribution is -0.384. The Kier molecular flexibility index (Phi) is 3.36. The monoisotopic (exact) mass is 229 g/mol. The zero-order valence-corrected chi connectivity index (χ0v) is 8.37. The molecule has 0 aliphatic heterocycles. The summed E-state index contributed by atoms with van der Waals surface area (Å²) in [4.78, 5) is 26.9. The molecule has 2 N–H and O–H groups in total. The first-order valence-electron chi connectivity index (χ1n) is 3.87. The van der Waals surface area contributed by atoms with Crippen LogP contribution in [0.1, 0.15) is 5.56 Å². The van der Waals surface area contributed by atoms with Crippen LogP contribution in [0.5, 0.6) is 0 Å². The average molecular weight is 229 g/mol. The lowest BCUT2D eigenvalue weighted by Gasteiger charge is -1.96. The number of hydrogen-bond acceptors (Lipinski definition) is 3. The highest BCUT2D eigenvalue weighted by molar-refractivity contribution is 7.55. The van der Waals surface area contributed by atoms with Crippen molar-refractivity contribution >= 4 is 19.4 Å². The van der Waals surface area contributed by atoms with Crippen LogP contribution in [0.25, 0.3) is 6.08 Å². The molecule has 80 valence electrons. The molecule has 0 aromatic heterocycles. The van der Waals surface area contributed by atoms with E-state index in [4.69, 9.17) is 9.79 Å². The summed E-state index contributed by atoms with van der Waals surface area (Å²) >= 11 is 0. The Balaban J connectivity index is 2.97. The lowest BCUT2D eigenvalue weighted by atomic mass is 10.2. The van der Waals surface area contributed by atoms with Crippen molar-refractivity contribution in [2.24, 2.45) is 0 Å². The first-order valence-corrected chi connectivity index (χ1v) is 5.55. The van der Waals surface area contributed by atoms with E-state index in [1.165, 1.54) is 24.3 Å². The smallest absolute Gasteiger partial charge is 0.321 e. The van der Waals surface area contributed by atoms with Crippen LogP contribution in [0.3, 0.4) is 0 Å². The third kappa shape index (κ3) is 4.03. The summed E-state index contributed by atoms with van der Waals surface area (Å²) in [5.41, 5.74) is 0.246. The summed E-state index contributed by atoms with van der Waals surface area (Å²) in [6.45, 7) is 0. The molecule has 6 nitrogen and oxygen atoms in total. The van der Waals surface area contributed by atoms with Gasteiger partial charge in [-0.25, -0.2) is 0 Å². The minimum absolute atomic E-state index is 0.122. The molecule has 0 aliphatic rings. The Bertz CT molecular complexity index is 450. The van der Waals surface area contributed by atoms with Crippen LogP contribution in [0, 0.1) is 10.1 Å². The number of hydrogen-bond donors (Lipinski definition) is 2. The fourth-order valence-corrected chi connectivity index (χ4v) is 1.29. The van der Waals surface area contributed by atoms with Crippen molar-refractivity contribution in [3.8, 4) is 0 Å². The molecule has 0 radical (unpaired) electrons. The Morgan fingerprint density at radius 2 is 2.07 bits per heavy atom. The van der Waals surface area contributed by atoms with Gasteiger partial charge in [-0.1, -0.05) is 12.1 Å². The Morgan fingerprint density at radius 1 is 1.40 bits per heavy atom. The second kappa shape index (κ2) is 4.35. The number of benzene rings is 1. The van der Waals surface area contributed by atoms with Crippen LogP contribution in [0.2, 0.25) is 0 Å². The van der Waals surface area contributed by atoms with Crippen molar-refractivity contribution in [2.45, 2.75) is 0 Å². The first-order chi connectivity index (χ1) is 6.88. The summed E-state index contributed by atoms with van der Waals surface area (Å²) in [6, 6.07) is 5.48. The van der Waals surface area contributed by atoms with Crippen LogP contribution in [0.4, 0.5) is 5.69 Å². The molecule has 0 fully saturated rings. The molecule has 0 bridgehead atoms. The number of nitro benzene ring substituents is 1. The summed E-state index contributed by atoms with van der Waals surface area (Å²) in [7, 11) is -4.22. The molecule has 7 heteroatoms. The van der Waals surface area contributed by atoms with Crippen molar-refractivity contribution in [1.82, 2.24) is 0 Å². The van der Waals surface area contributed by atoms with Gasteiger partial charge in [-0.3, -0.25) is 14.7 Å². The van der Waals surface area contributed by atoms with E-state index < -0.39 is 12.5 Å². The number of non-ortho nitro benzene ring substituents is 1. The molecule has 0 spiro atoms.